The maximum Gasteiger partial charge on any atom is 0.331 e. The summed E-state index contributed by atoms with van der Waals surface area (Å²) in [4.78, 5) is 12.1. The third kappa shape index (κ3) is 3.33. The fourth-order valence-electron chi connectivity index (χ4n) is 1.50. The van der Waals surface area contributed by atoms with Crippen molar-refractivity contribution in [1.29, 1.82) is 0 Å². The Bertz CT molecular complexity index is 696. The van der Waals surface area contributed by atoms with E-state index in [1.54, 1.807) is 17.5 Å². The average Bonchev–Trinajstić information content (AvgIpc) is 3.02. The molecule has 0 saturated carbocycles. The minimum absolute atomic E-state index is 0.730. The van der Waals surface area contributed by atoms with Crippen molar-refractivity contribution < 1.29 is 31.5 Å². The van der Waals surface area contributed by atoms with E-state index < -0.39 is 47.2 Å². The molecule has 0 N–H and O–H groups in total. The monoisotopic (exact) mass is 334 g/mol. The number of esters is 1. The van der Waals surface area contributed by atoms with Crippen molar-refractivity contribution in [2.45, 2.75) is 6.61 Å². The summed E-state index contributed by atoms with van der Waals surface area (Å²) < 4.78 is 69.9. The zero-order valence-corrected chi connectivity index (χ0v) is 11.5. The van der Waals surface area contributed by atoms with Crippen LogP contribution in [0.2, 0.25) is 0 Å². The molecule has 1 aromatic carbocycles. The molecule has 0 amide bonds. The van der Waals surface area contributed by atoms with E-state index in [1.165, 1.54) is 17.4 Å². The van der Waals surface area contributed by atoms with Crippen molar-refractivity contribution >= 4 is 23.4 Å². The van der Waals surface area contributed by atoms with E-state index in [-0.39, 0.29) is 0 Å². The summed E-state index contributed by atoms with van der Waals surface area (Å²) in [6, 6.07) is 3.45. The topological polar surface area (TPSA) is 26.3 Å². The summed E-state index contributed by atoms with van der Waals surface area (Å²) in [5.74, 6) is -11.4. The minimum atomic E-state index is -2.26. The predicted octanol–water partition coefficient (Wildman–Crippen LogP) is 4.20. The molecule has 0 saturated heterocycles. The Morgan fingerprint density at radius 1 is 1.05 bits per heavy atom. The highest BCUT2D eigenvalue weighted by atomic mass is 32.1. The molecule has 0 unspecified atom stereocenters. The first kappa shape index (κ1) is 16.2. The molecule has 22 heavy (non-hydrogen) atoms. The molecular formula is C14H7F5O2S. The van der Waals surface area contributed by atoms with Gasteiger partial charge < -0.3 is 4.74 Å². The maximum atomic E-state index is 13.3. The Balaban J connectivity index is 2.10. The summed E-state index contributed by atoms with van der Waals surface area (Å²) in [6.07, 6.45) is 2.38. The quantitative estimate of drug-likeness (QED) is 0.275. The fraction of sp³-hybridized carbons (Fsp3) is 0.0714. The molecule has 0 aliphatic carbocycles. The van der Waals surface area contributed by atoms with Crippen molar-refractivity contribution in [3.63, 3.8) is 0 Å². The Hall–Kier alpha value is -2.22. The second kappa shape index (κ2) is 6.69. The summed E-state index contributed by atoms with van der Waals surface area (Å²) in [5, 5.41) is 1.76. The normalized spacial score (nSPS) is 11.1. The summed E-state index contributed by atoms with van der Waals surface area (Å²) >= 11 is 1.33. The fourth-order valence-corrected chi connectivity index (χ4v) is 2.12. The third-order valence-electron chi connectivity index (χ3n) is 2.59. The van der Waals surface area contributed by atoms with E-state index >= 15 is 0 Å². The van der Waals surface area contributed by atoms with E-state index in [0.717, 1.165) is 11.0 Å². The third-order valence-corrected chi connectivity index (χ3v) is 3.42. The second-order valence-electron chi connectivity index (χ2n) is 4.00. The molecule has 0 aliphatic rings. The van der Waals surface area contributed by atoms with Crippen LogP contribution in [0.25, 0.3) is 6.08 Å². The Morgan fingerprint density at radius 2 is 1.64 bits per heavy atom. The second-order valence-corrected chi connectivity index (χ2v) is 4.98. The molecule has 0 fully saturated rings. The molecule has 0 spiro atoms. The zero-order valence-electron chi connectivity index (χ0n) is 10.7. The van der Waals surface area contributed by atoms with Crippen LogP contribution in [-0.2, 0) is 16.1 Å². The molecule has 1 aromatic heterocycles. The zero-order chi connectivity index (χ0) is 16.3. The number of halogens is 5. The number of carbonyl (C=O) groups is 1. The van der Waals surface area contributed by atoms with E-state index in [4.69, 9.17) is 0 Å². The summed E-state index contributed by atoms with van der Waals surface area (Å²) in [6.45, 7) is -1.07. The van der Waals surface area contributed by atoms with Gasteiger partial charge in [0, 0.05) is 11.0 Å². The standard InChI is InChI=1S/C14H7F5O2S/c15-10-8(11(16)13(18)14(19)12(10)17)6-21-9(20)4-3-7-2-1-5-22-7/h1-5H,6H2/b4-3+. The van der Waals surface area contributed by atoms with Crippen LogP contribution in [0.15, 0.2) is 23.6 Å². The number of hydrogen-bond acceptors (Lipinski definition) is 3. The number of ether oxygens (including phenoxy) is 1. The number of thiophene rings is 1. The molecule has 0 aliphatic heterocycles. The van der Waals surface area contributed by atoms with Gasteiger partial charge in [-0.25, -0.2) is 26.7 Å². The van der Waals surface area contributed by atoms with Crippen LogP contribution in [-0.4, -0.2) is 5.97 Å². The molecule has 2 nitrogen and oxygen atoms in total. The molecular weight excluding hydrogens is 327 g/mol. The van der Waals surface area contributed by atoms with E-state index in [9.17, 15) is 26.7 Å². The summed E-state index contributed by atoms with van der Waals surface area (Å²) in [7, 11) is 0. The maximum absolute atomic E-state index is 13.3. The van der Waals surface area contributed by atoms with Crippen molar-refractivity contribution in [3.8, 4) is 0 Å². The van der Waals surface area contributed by atoms with Crippen LogP contribution >= 0.6 is 11.3 Å². The van der Waals surface area contributed by atoms with Gasteiger partial charge in [0.2, 0.25) is 5.82 Å². The molecule has 1 heterocycles. The van der Waals surface area contributed by atoms with Gasteiger partial charge in [-0.1, -0.05) is 6.07 Å². The Labute approximate surface area is 125 Å². The lowest BCUT2D eigenvalue weighted by molar-refractivity contribution is -0.139. The van der Waals surface area contributed by atoms with Gasteiger partial charge in [-0.2, -0.15) is 0 Å². The molecule has 0 radical (unpaired) electrons. The highest BCUT2D eigenvalue weighted by Crippen LogP contribution is 2.23. The van der Waals surface area contributed by atoms with Gasteiger partial charge in [0.15, 0.2) is 23.3 Å². The van der Waals surface area contributed by atoms with Gasteiger partial charge in [0.05, 0.1) is 5.56 Å². The van der Waals surface area contributed by atoms with Crippen LogP contribution in [0.4, 0.5) is 22.0 Å². The Kier molecular flexibility index (Phi) is 4.92. The smallest absolute Gasteiger partial charge is 0.331 e. The van der Waals surface area contributed by atoms with Gasteiger partial charge in [0.25, 0.3) is 0 Å². The predicted molar refractivity (Wildman–Crippen MR) is 69.4 cm³/mol. The molecule has 0 bridgehead atoms. The van der Waals surface area contributed by atoms with Gasteiger partial charge in [-0.3, -0.25) is 0 Å². The lowest BCUT2D eigenvalue weighted by Gasteiger charge is -2.08. The van der Waals surface area contributed by atoms with Gasteiger partial charge in [-0.05, 0) is 17.5 Å². The molecule has 116 valence electrons. The number of hydrogen-bond donors (Lipinski definition) is 0. The molecule has 2 aromatic rings. The SMILES string of the molecule is O=C(/C=C/c1cccs1)OCc1c(F)c(F)c(F)c(F)c1F. The molecule has 8 heteroatoms. The van der Waals surface area contributed by atoms with Crippen molar-refractivity contribution in [3.05, 3.63) is 63.1 Å². The Morgan fingerprint density at radius 3 is 2.18 bits per heavy atom. The minimum Gasteiger partial charge on any atom is -0.457 e. The van der Waals surface area contributed by atoms with Crippen molar-refractivity contribution in [1.82, 2.24) is 0 Å². The number of benzene rings is 1. The van der Waals surface area contributed by atoms with Crippen molar-refractivity contribution in [2.75, 3.05) is 0 Å². The average molecular weight is 334 g/mol. The summed E-state index contributed by atoms with van der Waals surface area (Å²) in [5.41, 5.74) is -1.20. The first-order valence-corrected chi connectivity index (χ1v) is 6.68. The van der Waals surface area contributed by atoms with Crippen molar-refractivity contribution in [2.24, 2.45) is 0 Å². The van der Waals surface area contributed by atoms with E-state index in [0.29, 0.717) is 0 Å². The van der Waals surface area contributed by atoms with Crippen LogP contribution < -0.4 is 0 Å². The lowest BCUT2D eigenvalue weighted by atomic mass is 10.2. The van der Waals surface area contributed by atoms with Gasteiger partial charge in [-0.15, -0.1) is 11.3 Å². The molecule has 2 rings (SSSR count). The van der Waals surface area contributed by atoms with E-state index in [2.05, 4.69) is 4.74 Å². The first-order chi connectivity index (χ1) is 10.4. The largest absolute Gasteiger partial charge is 0.457 e. The van der Waals surface area contributed by atoms with Gasteiger partial charge >= 0.3 is 5.97 Å². The van der Waals surface area contributed by atoms with Crippen LogP contribution in [0.3, 0.4) is 0 Å². The van der Waals surface area contributed by atoms with Crippen LogP contribution in [0, 0.1) is 29.1 Å². The highest BCUT2D eigenvalue weighted by Gasteiger charge is 2.26. The van der Waals surface area contributed by atoms with Gasteiger partial charge in [0.1, 0.15) is 6.61 Å². The van der Waals surface area contributed by atoms with Crippen LogP contribution in [0.1, 0.15) is 10.4 Å². The van der Waals surface area contributed by atoms with E-state index in [1.807, 2.05) is 0 Å². The lowest BCUT2D eigenvalue weighted by Crippen LogP contribution is -2.10. The highest BCUT2D eigenvalue weighted by molar-refractivity contribution is 7.10. The first-order valence-electron chi connectivity index (χ1n) is 5.80. The number of rotatable bonds is 4. The number of carbonyl (C=O) groups excluding carboxylic acids is 1. The molecule has 0 atom stereocenters. The van der Waals surface area contributed by atoms with Crippen LogP contribution in [0.5, 0.6) is 0 Å².